The van der Waals surface area contributed by atoms with Crippen LogP contribution in [0.3, 0.4) is 0 Å². The van der Waals surface area contributed by atoms with E-state index in [-0.39, 0.29) is 12.3 Å². The molecule has 0 aliphatic heterocycles. The Morgan fingerprint density at radius 1 is 1.04 bits per heavy atom. The fourth-order valence-corrected chi connectivity index (χ4v) is 2.31. The van der Waals surface area contributed by atoms with Crippen LogP contribution < -0.4 is 10.1 Å². The Hall–Kier alpha value is -2.82. The maximum absolute atomic E-state index is 12.6. The van der Waals surface area contributed by atoms with Crippen molar-refractivity contribution in [3.8, 4) is 5.75 Å². The third kappa shape index (κ3) is 4.13. The van der Waals surface area contributed by atoms with Crippen molar-refractivity contribution >= 4 is 17.6 Å². The quantitative estimate of drug-likeness (QED) is 0.854. The van der Waals surface area contributed by atoms with Crippen LogP contribution >= 0.6 is 0 Å². The zero-order chi connectivity index (χ0) is 17.7. The Bertz CT molecular complexity index is 718. The molecule has 1 amide bonds. The van der Waals surface area contributed by atoms with Gasteiger partial charge in [-0.15, -0.1) is 0 Å². The minimum Gasteiger partial charge on any atom is -0.497 e. The summed E-state index contributed by atoms with van der Waals surface area (Å²) in [5.74, 6) is -0.282. The van der Waals surface area contributed by atoms with Crippen LogP contribution in [-0.4, -0.2) is 24.1 Å². The number of anilines is 1. The largest absolute Gasteiger partial charge is 0.497 e. The van der Waals surface area contributed by atoms with E-state index in [2.05, 4.69) is 5.32 Å². The molecule has 0 aliphatic carbocycles. The number of carbonyl (C=O) groups is 2. The van der Waals surface area contributed by atoms with Crippen molar-refractivity contribution in [3.63, 3.8) is 0 Å². The molecule has 2 rings (SSSR count). The van der Waals surface area contributed by atoms with Crippen LogP contribution in [0.4, 0.5) is 5.69 Å². The van der Waals surface area contributed by atoms with Gasteiger partial charge in [0, 0.05) is 5.69 Å². The van der Waals surface area contributed by atoms with Crippen molar-refractivity contribution in [2.24, 2.45) is 0 Å². The van der Waals surface area contributed by atoms with Crippen LogP contribution in [0.1, 0.15) is 25.0 Å². The van der Waals surface area contributed by atoms with Crippen molar-refractivity contribution in [1.82, 2.24) is 0 Å². The maximum Gasteiger partial charge on any atom is 0.307 e. The molecule has 2 N–H and O–H groups in total. The zero-order valence-corrected chi connectivity index (χ0v) is 14.0. The van der Waals surface area contributed by atoms with E-state index in [9.17, 15) is 9.59 Å². The number of ether oxygens (including phenoxy) is 1. The third-order valence-corrected chi connectivity index (χ3v) is 3.95. The molecule has 0 radical (unpaired) electrons. The van der Waals surface area contributed by atoms with Gasteiger partial charge in [-0.3, -0.25) is 9.59 Å². The summed E-state index contributed by atoms with van der Waals surface area (Å²) >= 11 is 0. The van der Waals surface area contributed by atoms with Gasteiger partial charge in [-0.1, -0.05) is 24.3 Å². The Labute approximate surface area is 141 Å². The van der Waals surface area contributed by atoms with Crippen molar-refractivity contribution in [1.29, 1.82) is 0 Å². The molecule has 0 unspecified atom stereocenters. The average Bonchev–Trinajstić information content (AvgIpc) is 2.56. The number of carboxylic acids is 1. The topological polar surface area (TPSA) is 75.6 Å². The molecular formula is C19H21NO4. The summed E-state index contributed by atoms with van der Waals surface area (Å²) in [6.45, 7) is 3.70. The Balaban J connectivity index is 2.10. The smallest absolute Gasteiger partial charge is 0.307 e. The standard InChI is InChI=1S/C19H21NO4/c1-19(2,14-6-10-16(24-3)11-7-14)18(23)20-15-8-4-13(5-9-15)12-17(21)22/h4-11H,12H2,1-3H3,(H,20,23)(H,21,22). The van der Waals surface area contributed by atoms with Gasteiger partial charge in [-0.05, 0) is 49.2 Å². The van der Waals surface area contributed by atoms with Gasteiger partial charge in [0.05, 0.1) is 18.9 Å². The highest BCUT2D eigenvalue weighted by Crippen LogP contribution is 2.27. The number of nitrogens with one attached hydrogen (secondary N) is 1. The normalized spacial score (nSPS) is 11.0. The maximum atomic E-state index is 12.6. The number of aliphatic carboxylic acids is 1. The third-order valence-electron chi connectivity index (χ3n) is 3.95. The van der Waals surface area contributed by atoms with Crippen LogP contribution in [0.5, 0.6) is 5.75 Å². The highest BCUT2D eigenvalue weighted by molar-refractivity contribution is 5.98. The molecule has 126 valence electrons. The summed E-state index contributed by atoms with van der Waals surface area (Å²) < 4.78 is 5.13. The molecule has 5 nitrogen and oxygen atoms in total. The molecule has 0 saturated heterocycles. The van der Waals surface area contributed by atoms with Crippen LogP contribution in [0.25, 0.3) is 0 Å². The lowest BCUT2D eigenvalue weighted by atomic mass is 9.83. The van der Waals surface area contributed by atoms with E-state index in [0.717, 1.165) is 11.3 Å². The molecular weight excluding hydrogens is 306 g/mol. The van der Waals surface area contributed by atoms with Crippen LogP contribution in [-0.2, 0) is 21.4 Å². The van der Waals surface area contributed by atoms with Crippen molar-refractivity contribution in [3.05, 3.63) is 59.7 Å². The highest BCUT2D eigenvalue weighted by atomic mass is 16.5. The first-order valence-corrected chi connectivity index (χ1v) is 7.59. The van der Waals surface area contributed by atoms with Crippen molar-refractivity contribution < 1.29 is 19.4 Å². The zero-order valence-electron chi connectivity index (χ0n) is 14.0. The number of carboxylic acid groups (broad SMARTS) is 1. The molecule has 2 aromatic carbocycles. The van der Waals surface area contributed by atoms with Gasteiger partial charge in [-0.2, -0.15) is 0 Å². The second-order valence-electron chi connectivity index (χ2n) is 6.08. The van der Waals surface area contributed by atoms with Crippen LogP contribution in [0, 0.1) is 0 Å². The Morgan fingerprint density at radius 2 is 1.62 bits per heavy atom. The number of hydrogen-bond acceptors (Lipinski definition) is 3. The van der Waals surface area contributed by atoms with E-state index in [4.69, 9.17) is 9.84 Å². The summed E-state index contributed by atoms with van der Waals surface area (Å²) in [7, 11) is 1.60. The summed E-state index contributed by atoms with van der Waals surface area (Å²) in [5, 5.41) is 11.6. The lowest BCUT2D eigenvalue weighted by molar-refractivity contribution is -0.136. The molecule has 2 aromatic rings. The number of amides is 1. The van der Waals surface area contributed by atoms with Gasteiger partial charge in [0.2, 0.25) is 5.91 Å². The monoisotopic (exact) mass is 327 g/mol. The first-order valence-electron chi connectivity index (χ1n) is 7.59. The predicted molar refractivity (Wildman–Crippen MR) is 92.4 cm³/mol. The molecule has 0 heterocycles. The summed E-state index contributed by atoms with van der Waals surface area (Å²) in [5.41, 5.74) is 1.49. The average molecular weight is 327 g/mol. The molecule has 0 bridgehead atoms. The number of hydrogen-bond donors (Lipinski definition) is 2. The highest BCUT2D eigenvalue weighted by Gasteiger charge is 2.29. The van der Waals surface area contributed by atoms with Gasteiger partial charge >= 0.3 is 5.97 Å². The van der Waals surface area contributed by atoms with Gasteiger partial charge in [0.1, 0.15) is 5.75 Å². The SMILES string of the molecule is COc1ccc(C(C)(C)C(=O)Nc2ccc(CC(=O)O)cc2)cc1. The van der Waals surface area contributed by atoms with Gasteiger partial charge in [0.25, 0.3) is 0 Å². The van der Waals surface area contributed by atoms with E-state index in [0.29, 0.717) is 11.3 Å². The second-order valence-corrected chi connectivity index (χ2v) is 6.08. The van der Waals surface area contributed by atoms with Crippen LogP contribution in [0.15, 0.2) is 48.5 Å². The minimum atomic E-state index is -0.882. The number of carbonyl (C=O) groups excluding carboxylic acids is 1. The second kappa shape index (κ2) is 7.17. The lowest BCUT2D eigenvalue weighted by Crippen LogP contribution is -2.34. The van der Waals surface area contributed by atoms with Crippen LogP contribution in [0.2, 0.25) is 0 Å². The molecule has 0 spiro atoms. The van der Waals surface area contributed by atoms with E-state index in [1.54, 1.807) is 31.4 Å². The molecule has 24 heavy (non-hydrogen) atoms. The first kappa shape index (κ1) is 17.5. The Kier molecular flexibility index (Phi) is 5.24. The van der Waals surface area contributed by atoms with Gasteiger partial charge < -0.3 is 15.2 Å². The van der Waals surface area contributed by atoms with Crippen molar-refractivity contribution in [2.75, 3.05) is 12.4 Å². The Morgan fingerprint density at radius 3 is 2.12 bits per heavy atom. The summed E-state index contributed by atoms with van der Waals surface area (Å²) in [4.78, 5) is 23.3. The van der Waals surface area contributed by atoms with Gasteiger partial charge in [0.15, 0.2) is 0 Å². The molecule has 0 saturated carbocycles. The fourth-order valence-electron chi connectivity index (χ4n) is 2.31. The molecule has 0 aromatic heterocycles. The van der Waals surface area contributed by atoms with E-state index in [1.165, 1.54) is 0 Å². The molecule has 0 aliphatic rings. The molecule has 0 atom stereocenters. The van der Waals surface area contributed by atoms with E-state index >= 15 is 0 Å². The number of methoxy groups -OCH3 is 1. The molecule has 5 heteroatoms. The number of rotatable bonds is 6. The minimum absolute atomic E-state index is 0.0361. The first-order chi connectivity index (χ1) is 11.3. The summed E-state index contributed by atoms with van der Waals surface area (Å²) in [6, 6.07) is 14.2. The van der Waals surface area contributed by atoms with Gasteiger partial charge in [-0.25, -0.2) is 0 Å². The molecule has 0 fully saturated rings. The van der Waals surface area contributed by atoms with Crippen molar-refractivity contribution in [2.45, 2.75) is 25.7 Å². The fraction of sp³-hybridized carbons (Fsp3) is 0.263. The lowest BCUT2D eigenvalue weighted by Gasteiger charge is -2.24. The predicted octanol–water partition coefficient (Wildman–Crippen LogP) is 3.24. The summed E-state index contributed by atoms with van der Waals surface area (Å²) in [6.07, 6.45) is -0.0361. The van der Waals surface area contributed by atoms with E-state index < -0.39 is 11.4 Å². The van der Waals surface area contributed by atoms with E-state index in [1.807, 2.05) is 38.1 Å². The number of benzene rings is 2.